The van der Waals surface area contributed by atoms with E-state index < -0.39 is 11.6 Å². The summed E-state index contributed by atoms with van der Waals surface area (Å²) in [4.78, 5) is 30.1. The Labute approximate surface area is 152 Å². The first-order chi connectivity index (χ1) is 12.4. The first-order valence-corrected chi connectivity index (χ1v) is 8.90. The Hall–Kier alpha value is -1.74. The maximum atomic E-state index is 13.2. The van der Waals surface area contributed by atoms with E-state index in [1.807, 2.05) is 23.9 Å². The average Bonchev–Trinajstić information content (AvgIpc) is 3.21. The largest absolute Gasteiger partial charge is 0.488 e. The lowest BCUT2D eigenvalue weighted by Gasteiger charge is -2.39. The number of Topliss-reactive ketones (excluding diaryl/α,β-unsaturated/α-hetero) is 2. The van der Waals surface area contributed by atoms with Crippen LogP contribution in [0.5, 0.6) is 0 Å². The predicted molar refractivity (Wildman–Crippen MR) is 92.0 cm³/mol. The summed E-state index contributed by atoms with van der Waals surface area (Å²) in [5.41, 5.74) is 0.151. The van der Waals surface area contributed by atoms with Crippen LogP contribution in [0.3, 0.4) is 0 Å². The minimum absolute atomic E-state index is 0.00858. The Balaban J connectivity index is 1.70. The van der Waals surface area contributed by atoms with Gasteiger partial charge in [0.15, 0.2) is 11.5 Å². The Morgan fingerprint density at radius 1 is 1.35 bits per heavy atom. The van der Waals surface area contributed by atoms with E-state index in [2.05, 4.69) is 5.32 Å². The second kappa shape index (κ2) is 5.88. The summed E-state index contributed by atoms with van der Waals surface area (Å²) in [5.74, 6) is -0.998. The highest BCUT2D eigenvalue weighted by Gasteiger charge is 2.72. The maximum absolute atomic E-state index is 13.2. The van der Waals surface area contributed by atoms with Gasteiger partial charge in [0.25, 0.3) is 0 Å². The van der Waals surface area contributed by atoms with Crippen molar-refractivity contribution in [1.29, 1.82) is 0 Å². The smallest absolute Gasteiger partial charge is 0.226 e. The molecule has 0 spiro atoms. The fourth-order valence-electron chi connectivity index (χ4n) is 4.63. The number of aliphatic hydroxyl groups is 1. The number of hydrogen-bond acceptors (Lipinski definition) is 8. The molecular weight excluding hydrogens is 338 g/mol. The van der Waals surface area contributed by atoms with Crippen molar-refractivity contribution in [3.8, 4) is 0 Å². The van der Waals surface area contributed by atoms with Gasteiger partial charge in [-0.1, -0.05) is 0 Å². The molecule has 2 fully saturated rings. The quantitative estimate of drug-likeness (QED) is 0.451. The van der Waals surface area contributed by atoms with Gasteiger partial charge in [-0.05, 0) is 21.0 Å². The van der Waals surface area contributed by atoms with Gasteiger partial charge in [0.05, 0.1) is 24.3 Å². The second-order valence-electron chi connectivity index (χ2n) is 7.58. The van der Waals surface area contributed by atoms with Gasteiger partial charge in [-0.3, -0.25) is 9.59 Å². The molecule has 8 nitrogen and oxygen atoms in total. The van der Waals surface area contributed by atoms with Gasteiger partial charge < -0.3 is 29.7 Å². The molecule has 3 aliphatic heterocycles. The lowest BCUT2D eigenvalue weighted by molar-refractivity contribution is -0.137. The van der Waals surface area contributed by atoms with Gasteiger partial charge in [0.2, 0.25) is 11.6 Å². The van der Waals surface area contributed by atoms with E-state index in [0.717, 1.165) is 0 Å². The zero-order valence-electron chi connectivity index (χ0n) is 15.5. The van der Waals surface area contributed by atoms with E-state index in [0.29, 0.717) is 36.5 Å². The highest BCUT2D eigenvalue weighted by Crippen LogP contribution is 2.55. The van der Waals surface area contributed by atoms with Crippen molar-refractivity contribution in [2.75, 3.05) is 47.5 Å². The van der Waals surface area contributed by atoms with Crippen LogP contribution >= 0.6 is 0 Å². The van der Waals surface area contributed by atoms with E-state index in [-0.39, 0.29) is 36.0 Å². The Morgan fingerprint density at radius 2 is 2.08 bits per heavy atom. The molecule has 0 radical (unpaired) electrons. The van der Waals surface area contributed by atoms with Crippen molar-refractivity contribution < 1.29 is 24.2 Å². The number of piperazine rings is 1. The summed E-state index contributed by atoms with van der Waals surface area (Å²) in [5, 5.41) is 13.4. The van der Waals surface area contributed by atoms with Crippen LogP contribution in [-0.4, -0.2) is 91.8 Å². The molecule has 4 atom stereocenters. The number of allylic oxidation sites excluding steroid dienone is 2. The number of rotatable bonds is 6. The number of ketones is 2. The van der Waals surface area contributed by atoms with Crippen LogP contribution in [0.15, 0.2) is 22.6 Å². The highest BCUT2D eigenvalue weighted by atomic mass is 16.5. The zero-order chi connectivity index (χ0) is 18.8. The molecule has 3 heterocycles. The van der Waals surface area contributed by atoms with Gasteiger partial charge in [-0.25, -0.2) is 0 Å². The number of carbonyl (C=O) groups is 2. The predicted octanol–water partition coefficient (Wildman–Crippen LogP) is -1.13. The molecule has 142 valence electrons. The molecule has 0 aromatic heterocycles. The first kappa shape index (κ1) is 17.7. The minimum Gasteiger partial charge on any atom is -0.488 e. The number of aliphatic hydroxyl groups excluding tert-OH is 1. The Morgan fingerprint density at radius 3 is 2.69 bits per heavy atom. The molecule has 0 bridgehead atoms. The summed E-state index contributed by atoms with van der Waals surface area (Å²) in [6.07, 6.45) is 0. The number of nitrogens with one attached hydrogen (secondary N) is 1. The van der Waals surface area contributed by atoms with Crippen molar-refractivity contribution in [2.45, 2.75) is 24.7 Å². The molecule has 2 N–H and O–H groups in total. The van der Waals surface area contributed by atoms with Crippen LogP contribution < -0.4 is 5.32 Å². The van der Waals surface area contributed by atoms with Crippen molar-refractivity contribution in [3.05, 3.63) is 22.6 Å². The highest BCUT2D eigenvalue weighted by molar-refractivity contribution is 6.25. The van der Waals surface area contributed by atoms with E-state index in [1.165, 1.54) is 0 Å². The van der Waals surface area contributed by atoms with Gasteiger partial charge >= 0.3 is 0 Å². The van der Waals surface area contributed by atoms with Crippen LogP contribution in [0, 0.1) is 5.92 Å². The number of carbonyl (C=O) groups excluding carboxylic acids is 2. The molecule has 0 amide bonds. The summed E-state index contributed by atoms with van der Waals surface area (Å²) < 4.78 is 11.5. The number of likely N-dealkylation sites (N-methyl/N-ethyl adjacent to an activating group) is 1. The molecule has 2 saturated heterocycles. The summed E-state index contributed by atoms with van der Waals surface area (Å²) in [7, 11) is 5.39. The Bertz CT molecular complexity index is 743. The standard InChI is InChI=1S/C18H25N3O5/c1-9-14(23)13-12(15(24)16(9)26-6-5-20(2)3)10(8-22)18(25-4)17-11(19-17)7-21(13)18/h10-11,17,19,22H,5-8H2,1-4H3. The molecule has 0 saturated carbocycles. The molecule has 4 aliphatic rings. The molecule has 4 rings (SSSR count). The average molecular weight is 363 g/mol. The number of fused-ring (bicyclic) bond motifs is 4. The third-order valence-electron chi connectivity index (χ3n) is 5.95. The van der Waals surface area contributed by atoms with Crippen molar-refractivity contribution in [3.63, 3.8) is 0 Å². The van der Waals surface area contributed by atoms with Crippen LogP contribution in [0.2, 0.25) is 0 Å². The molecule has 4 unspecified atom stereocenters. The van der Waals surface area contributed by atoms with Gasteiger partial charge in [-0.2, -0.15) is 0 Å². The molecular formula is C18H25N3O5. The Kier molecular flexibility index (Phi) is 4.00. The van der Waals surface area contributed by atoms with Gasteiger partial charge in [-0.15, -0.1) is 0 Å². The lowest BCUT2D eigenvalue weighted by Crippen LogP contribution is -2.54. The van der Waals surface area contributed by atoms with Crippen LogP contribution in [0.1, 0.15) is 6.92 Å². The van der Waals surface area contributed by atoms with Crippen LogP contribution in [0.4, 0.5) is 0 Å². The van der Waals surface area contributed by atoms with Gasteiger partial charge in [0, 0.05) is 37.4 Å². The third-order valence-corrected chi connectivity index (χ3v) is 5.95. The van der Waals surface area contributed by atoms with Gasteiger partial charge in [0.1, 0.15) is 6.61 Å². The number of methoxy groups -OCH3 is 1. The van der Waals surface area contributed by atoms with E-state index >= 15 is 0 Å². The minimum atomic E-state index is -0.880. The maximum Gasteiger partial charge on any atom is 0.226 e. The SMILES string of the molecule is COC12C(CO)C3=C(C(=O)C(C)=C(OCCN(C)C)C3=O)N1CC1NC12. The summed E-state index contributed by atoms with van der Waals surface area (Å²) in [6.45, 7) is 2.91. The summed E-state index contributed by atoms with van der Waals surface area (Å²) >= 11 is 0. The number of hydrogen-bond donors (Lipinski definition) is 2. The third kappa shape index (κ3) is 2.10. The van der Waals surface area contributed by atoms with Crippen molar-refractivity contribution >= 4 is 11.6 Å². The van der Waals surface area contributed by atoms with Crippen LogP contribution in [0.25, 0.3) is 0 Å². The van der Waals surface area contributed by atoms with E-state index in [1.54, 1.807) is 14.0 Å². The summed E-state index contributed by atoms with van der Waals surface area (Å²) in [6, 6.07) is 0.234. The van der Waals surface area contributed by atoms with Crippen molar-refractivity contribution in [1.82, 2.24) is 15.1 Å². The molecule has 0 aromatic rings. The second-order valence-corrected chi connectivity index (χ2v) is 7.58. The van der Waals surface area contributed by atoms with Crippen LogP contribution in [-0.2, 0) is 19.1 Å². The number of ether oxygens (including phenoxy) is 2. The molecule has 8 heteroatoms. The monoisotopic (exact) mass is 363 g/mol. The number of nitrogens with zero attached hydrogens (tertiary/aromatic N) is 2. The zero-order valence-corrected chi connectivity index (χ0v) is 15.5. The lowest BCUT2D eigenvalue weighted by atomic mass is 9.83. The normalized spacial score (nSPS) is 35.3. The topological polar surface area (TPSA) is 101 Å². The van der Waals surface area contributed by atoms with E-state index in [9.17, 15) is 14.7 Å². The molecule has 1 aliphatic carbocycles. The molecule has 26 heavy (non-hydrogen) atoms. The fourth-order valence-corrected chi connectivity index (χ4v) is 4.63. The van der Waals surface area contributed by atoms with Crippen molar-refractivity contribution in [2.24, 2.45) is 5.92 Å². The molecule has 0 aromatic carbocycles. The first-order valence-electron chi connectivity index (χ1n) is 8.90. The van der Waals surface area contributed by atoms with E-state index in [4.69, 9.17) is 9.47 Å². The fraction of sp³-hybridized carbons (Fsp3) is 0.667.